The zero-order valence-corrected chi connectivity index (χ0v) is 14.5. The van der Waals surface area contributed by atoms with Gasteiger partial charge in [-0.2, -0.15) is 0 Å². The first-order valence-corrected chi connectivity index (χ1v) is 9.74. The van der Waals surface area contributed by atoms with Crippen molar-refractivity contribution in [1.82, 2.24) is 10.0 Å². The van der Waals surface area contributed by atoms with Crippen LogP contribution in [0, 0.1) is 5.41 Å². The fourth-order valence-electron chi connectivity index (χ4n) is 1.78. The van der Waals surface area contributed by atoms with Crippen molar-refractivity contribution >= 4 is 38.9 Å². The zero-order valence-electron chi connectivity index (χ0n) is 12.1. The highest BCUT2D eigenvalue weighted by Crippen LogP contribution is 2.25. The van der Waals surface area contributed by atoms with Gasteiger partial charge in [-0.1, -0.05) is 50.6 Å². The van der Waals surface area contributed by atoms with Gasteiger partial charge in [-0.3, -0.25) is 5.41 Å². The van der Waals surface area contributed by atoms with E-state index in [0.717, 1.165) is 24.2 Å². The third-order valence-electron chi connectivity index (χ3n) is 2.88. The van der Waals surface area contributed by atoms with E-state index in [0.29, 0.717) is 10.9 Å². The van der Waals surface area contributed by atoms with Crippen molar-refractivity contribution < 1.29 is 8.42 Å². The number of hydrogen-bond donors (Lipinski definition) is 3. The average molecular weight is 352 g/mol. The van der Waals surface area contributed by atoms with Crippen LogP contribution in [0.15, 0.2) is 16.3 Å². The molecule has 1 rings (SSSR count). The standard InChI is InChI=1S/C13H22ClN3O2S2/c1-2-3-4-5-6-7-10-16-13(15)17-21(18,19)12-9-8-11(14)20-12/h8-9H,2-7,10H2,1H3,(H3,15,16,17). The number of nitrogens with one attached hydrogen (secondary N) is 3. The molecule has 0 radical (unpaired) electrons. The van der Waals surface area contributed by atoms with Crippen LogP contribution < -0.4 is 10.0 Å². The first-order chi connectivity index (χ1) is 9.95. The zero-order chi connectivity index (χ0) is 15.7. The van der Waals surface area contributed by atoms with Crippen molar-refractivity contribution in [3.63, 3.8) is 0 Å². The van der Waals surface area contributed by atoms with E-state index < -0.39 is 10.0 Å². The third-order valence-corrected chi connectivity index (χ3v) is 5.95. The largest absolute Gasteiger partial charge is 0.356 e. The van der Waals surface area contributed by atoms with Crippen LogP contribution in [0.1, 0.15) is 45.4 Å². The lowest BCUT2D eigenvalue weighted by atomic mass is 10.1. The van der Waals surface area contributed by atoms with Gasteiger partial charge in [0, 0.05) is 6.54 Å². The molecule has 0 unspecified atom stereocenters. The minimum absolute atomic E-state index is 0.110. The maximum Gasteiger partial charge on any atom is 0.273 e. The quantitative estimate of drug-likeness (QED) is 0.361. The highest BCUT2D eigenvalue weighted by molar-refractivity contribution is 7.92. The van der Waals surface area contributed by atoms with E-state index in [1.807, 2.05) is 0 Å². The topological polar surface area (TPSA) is 82.1 Å². The molecule has 0 fully saturated rings. The van der Waals surface area contributed by atoms with Gasteiger partial charge in [0.05, 0.1) is 4.34 Å². The molecular weight excluding hydrogens is 330 g/mol. The SMILES string of the molecule is CCCCCCCCNC(=N)NS(=O)(=O)c1ccc(Cl)s1. The molecule has 8 heteroatoms. The fourth-order valence-corrected chi connectivity index (χ4v) is 4.22. The predicted octanol–water partition coefficient (Wildman–Crippen LogP) is 3.56. The summed E-state index contributed by atoms with van der Waals surface area (Å²) in [5.41, 5.74) is 0. The van der Waals surface area contributed by atoms with Gasteiger partial charge in [-0.05, 0) is 18.6 Å². The average Bonchev–Trinajstić information content (AvgIpc) is 2.85. The van der Waals surface area contributed by atoms with Crippen LogP contribution >= 0.6 is 22.9 Å². The summed E-state index contributed by atoms with van der Waals surface area (Å²) in [6.45, 7) is 2.77. The molecule has 0 aliphatic carbocycles. The molecule has 1 aromatic heterocycles. The monoisotopic (exact) mass is 351 g/mol. The van der Waals surface area contributed by atoms with E-state index >= 15 is 0 Å². The lowest BCUT2D eigenvalue weighted by molar-refractivity contribution is 0.589. The van der Waals surface area contributed by atoms with Crippen molar-refractivity contribution in [3.05, 3.63) is 16.5 Å². The summed E-state index contributed by atoms with van der Waals surface area (Å²) in [4.78, 5) is 0. The van der Waals surface area contributed by atoms with Crippen LogP contribution in [-0.4, -0.2) is 20.9 Å². The Bertz CT molecular complexity index is 543. The maximum atomic E-state index is 11.9. The molecule has 0 aromatic carbocycles. The normalized spacial score (nSPS) is 11.3. The van der Waals surface area contributed by atoms with Gasteiger partial charge in [-0.15, -0.1) is 11.3 Å². The molecule has 0 bridgehead atoms. The van der Waals surface area contributed by atoms with E-state index in [9.17, 15) is 8.42 Å². The van der Waals surface area contributed by atoms with Gasteiger partial charge in [0.25, 0.3) is 10.0 Å². The summed E-state index contributed by atoms with van der Waals surface area (Å²) >= 11 is 6.68. The summed E-state index contributed by atoms with van der Waals surface area (Å²) in [5.74, 6) is -0.201. The number of halogens is 1. The molecule has 3 N–H and O–H groups in total. The minimum Gasteiger partial charge on any atom is -0.356 e. The van der Waals surface area contributed by atoms with Crippen molar-refractivity contribution in [2.45, 2.75) is 49.7 Å². The van der Waals surface area contributed by atoms with E-state index in [2.05, 4.69) is 17.0 Å². The van der Waals surface area contributed by atoms with E-state index in [-0.39, 0.29) is 10.2 Å². The third kappa shape index (κ3) is 7.15. The molecule has 0 amide bonds. The van der Waals surface area contributed by atoms with Crippen LogP contribution in [0.25, 0.3) is 0 Å². The van der Waals surface area contributed by atoms with E-state index in [4.69, 9.17) is 17.0 Å². The van der Waals surface area contributed by atoms with Crippen molar-refractivity contribution in [2.24, 2.45) is 0 Å². The van der Waals surface area contributed by atoms with Crippen molar-refractivity contribution in [3.8, 4) is 0 Å². The molecule has 0 saturated carbocycles. The van der Waals surface area contributed by atoms with Gasteiger partial charge >= 0.3 is 0 Å². The smallest absolute Gasteiger partial charge is 0.273 e. The van der Waals surface area contributed by atoms with Gasteiger partial charge in [0.15, 0.2) is 0 Å². The molecular formula is C13H22ClN3O2S2. The summed E-state index contributed by atoms with van der Waals surface area (Å²) in [7, 11) is -3.70. The van der Waals surface area contributed by atoms with E-state index in [1.54, 1.807) is 0 Å². The molecule has 0 aliphatic heterocycles. The number of rotatable bonds is 9. The molecule has 0 atom stereocenters. The fraction of sp³-hybridized carbons (Fsp3) is 0.615. The highest BCUT2D eigenvalue weighted by Gasteiger charge is 2.17. The Hall–Kier alpha value is -0.790. The highest BCUT2D eigenvalue weighted by atomic mass is 35.5. The number of unbranched alkanes of at least 4 members (excludes halogenated alkanes) is 5. The van der Waals surface area contributed by atoms with Crippen LogP contribution in [0.2, 0.25) is 4.34 Å². The van der Waals surface area contributed by atoms with Crippen LogP contribution in [0.3, 0.4) is 0 Å². The Labute approximate surface area is 135 Å². The number of sulfonamides is 1. The van der Waals surface area contributed by atoms with Crippen LogP contribution in [-0.2, 0) is 10.0 Å². The summed E-state index contributed by atoms with van der Waals surface area (Å²) in [6, 6.07) is 2.95. The second kappa shape index (κ2) is 9.27. The number of guanidine groups is 1. The first-order valence-electron chi connectivity index (χ1n) is 7.06. The summed E-state index contributed by atoms with van der Waals surface area (Å²) in [5, 5.41) is 10.4. The predicted molar refractivity (Wildman–Crippen MR) is 88.8 cm³/mol. The lowest BCUT2D eigenvalue weighted by Crippen LogP contribution is -2.40. The molecule has 21 heavy (non-hydrogen) atoms. The second-order valence-corrected chi connectivity index (χ2v) is 8.36. The lowest BCUT2D eigenvalue weighted by Gasteiger charge is -2.09. The second-order valence-electron chi connectivity index (χ2n) is 4.73. The molecule has 5 nitrogen and oxygen atoms in total. The molecule has 0 spiro atoms. The van der Waals surface area contributed by atoms with Crippen LogP contribution in [0.5, 0.6) is 0 Å². The van der Waals surface area contributed by atoms with Crippen LogP contribution in [0.4, 0.5) is 0 Å². The summed E-state index contributed by atoms with van der Waals surface area (Å²) < 4.78 is 26.6. The van der Waals surface area contributed by atoms with Gasteiger partial charge < -0.3 is 5.32 Å². The molecule has 0 saturated heterocycles. The summed E-state index contributed by atoms with van der Waals surface area (Å²) in [6.07, 6.45) is 6.91. The van der Waals surface area contributed by atoms with Gasteiger partial charge in [0.2, 0.25) is 5.96 Å². The van der Waals surface area contributed by atoms with Crippen molar-refractivity contribution in [2.75, 3.05) is 6.54 Å². The Morgan fingerprint density at radius 3 is 2.52 bits per heavy atom. The molecule has 1 heterocycles. The van der Waals surface area contributed by atoms with Gasteiger partial charge in [0.1, 0.15) is 4.21 Å². The maximum absolute atomic E-state index is 11.9. The molecule has 1 aromatic rings. The Balaban J connectivity index is 2.24. The molecule has 120 valence electrons. The van der Waals surface area contributed by atoms with Crippen molar-refractivity contribution in [1.29, 1.82) is 5.41 Å². The Morgan fingerprint density at radius 1 is 1.24 bits per heavy atom. The number of hydrogen-bond acceptors (Lipinski definition) is 4. The first kappa shape index (κ1) is 18.3. The Kier molecular flexibility index (Phi) is 8.06. The molecule has 0 aliphatic rings. The van der Waals surface area contributed by atoms with E-state index in [1.165, 1.54) is 37.8 Å². The number of thiophene rings is 1. The van der Waals surface area contributed by atoms with Gasteiger partial charge in [-0.25, -0.2) is 13.1 Å². The Morgan fingerprint density at radius 2 is 1.90 bits per heavy atom. The minimum atomic E-state index is -3.70.